The molecule has 0 unspecified atom stereocenters. The zero-order valence-electron chi connectivity index (χ0n) is 10.6. The summed E-state index contributed by atoms with van der Waals surface area (Å²) in [7, 11) is 1.49. The minimum absolute atomic E-state index is 0.109. The molecular formula is C13H16O5S. The molecule has 0 fully saturated rings. The number of hydrogen-bond donors (Lipinski definition) is 2. The standard InChI is InChI=1S/C13H16O5S/c1-18-11-7-10(15)9(8-14)6-12(11)19-5-3-2-4-13(16)17/h6-8,15H,2-5H2,1H3,(H,16,17). The second-order valence-electron chi connectivity index (χ2n) is 3.88. The minimum atomic E-state index is -0.796. The Hall–Kier alpha value is -1.69. The monoisotopic (exact) mass is 284 g/mol. The Balaban J connectivity index is 2.61. The van der Waals surface area contributed by atoms with E-state index in [1.165, 1.54) is 24.9 Å². The van der Waals surface area contributed by atoms with Crippen molar-refractivity contribution in [1.82, 2.24) is 0 Å². The molecule has 2 N–H and O–H groups in total. The summed E-state index contributed by atoms with van der Waals surface area (Å²) in [4.78, 5) is 21.9. The quantitative estimate of drug-likeness (QED) is 0.433. The summed E-state index contributed by atoms with van der Waals surface area (Å²) in [5, 5.41) is 18.0. The van der Waals surface area contributed by atoms with Crippen molar-refractivity contribution in [3.63, 3.8) is 0 Å². The van der Waals surface area contributed by atoms with E-state index in [-0.39, 0.29) is 17.7 Å². The van der Waals surface area contributed by atoms with Crippen molar-refractivity contribution >= 4 is 24.0 Å². The number of carboxylic acids is 1. The van der Waals surface area contributed by atoms with Crippen molar-refractivity contribution in [2.24, 2.45) is 0 Å². The van der Waals surface area contributed by atoms with E-state index in [4.69, 9.17) is 9.84 Å². The van der Waals surface area contributed by atoms with Gasteiger partial charge in [0, 0.05) is 12.5 Å². The summed E-state index contributed by atoms with van der Waals surface area (Å²) in [5.41, 5.74) is 0.217. The largest absolute Gasteiger partial charge is 0.507 e. The SMILES string of the molecule is COc1cc(O)c(C=O)cc1SCCCCC(=O)O. The normalized spacial score (nSPS) is 10.2. The van der Waals surface area contributed by atoms with Crippen LogP contribution in [0.5, 0.6) is 11.5 Å². The molecule has 6 heteroatoms. The molecule has 1 aromatic carbocycles. The number of carboxylic acid groups (broad SMARTS) is 1. The lowest BCUT2D eigenvalue weighted by Crippen LogP contribution is -1.95. The summed E-state index contributed by atoms with van der Waals surface area (Å²) in [6, 6.07) is 2.98. The van der Waals surface area contributed by atoms with Crippen LogP contribution in [0.15, 0.2) is 17.0 Å². The second kappa shape index (κ2) is 7.68. The van der Waals surface area contributed by atoms with Gasteiger partial charge in [0.1, 0.15) is 11.5 Å². The highest BCUT2D eigenvalue weighted by Crippen LogP contribution is 2.34. The van der Waals surface area contributed by atoms with E-state index in [2.05, 4.69) is 0 Å². The predicted molar refractivity (Wildman–Crippen MR) is 72.3 cm³/mol. The fourth-order valence-electron chi connectivity index (χ4n) is 1.49. The van der Waals surface area contributed by atoms with Crippen molar-refractivity contribution in [2.45, 2.75) is 24.2 Å². The first-order valence-electron chi connectivity index (χ1n) is 5.79. The van der Waals surface area contributed by atoms with Crippen molar-refractivity contribution in [1.29, 1.82) is 0 Å². The van der Waals surface area contributed by atoms with Gasteiger partial charge < -0.3 is 14.9 Å². The number of thioether (sulfide) groups is 1. The highest BCUT2D eigenvalue weighted by Gasteiger charge is 2.10. The van der Waals surface area contributed by atoms with Crippen LogP contribution in [0.3, 0.4) is 0 Å². The van der Waals surface area contributed by atoms with E-state index in [0.29, 0.717) is 18.5 Å². The molecule has 0 atom stereocenters. The lowest BCUT2D eigenvalue weighted by Gasteiger charge is -2.10. The highest BCUT2D eigenvalue weighted by atomic mass is 32.2. The number of aliphatic carboxylic acids is 1. The average molecular weight is 284 g/mol. The van der Waals surface area contributed by atoms with Gasteiger partial charge in [0.15, 0.2) is 6.29 Å². The van der Waals surface area contributed by atoms with Crippen LogP contribution in [0.1, 0.15) is 29.6 Å². The van der Waals surface area contributed by atoms with Crippen molar-refractivity contribution < 1.29 is 24.5 Å². The van der Waals surface area contributed by atoms with Crippen molar-refractivity contribution in [2.75, 3.05) is 12.9 Å². The third kappa shape index (κ3) is 4.82. The van der Waals surface area contributed by atoms with Gasteiger partial charge >= 0.3 is 5.97 Å². The van der Waals surface area contributed by atoms with E-state index in [1.807, 2.05) is 0 Å². The molecule has 0 heterocycles. The lowest BCUT2D eigenvalue weighted by molar-refractivity contribution is -0.137. The molecule has 0 aliphatic rings. The average Bonchev–Trinajstić information content (AvgIpc) is 2.38. The first-order chi connectivity index (χ1) is 9.08. The number of unbranched alkanes of at least 4 members (excludes halogenated alkanes) is 1. The molecule has 0 aliphatic heterocycles. The Kier molecular flexibility index (Phi) is 6.21. The molecule has 1 aromatic rings. The zero-order valence-corrected chi connectivity index (χ0v) is 11.4. The molecule has 0 amide bonds. The Morgan fingerprint density at radius 1 is 1.42 bits per heavy atom. The van der Waals surface area contributed by atoms with Crippen LogP contribution in [0, 0.1) is 0 Å². The van der Waals surface area contributed by atoms with Gasteiger partial charge in [-0.1, -0.05) is 0 Å². The number of rotatable bonds is 8. The summed E-state index contributed by atoms with van der Waals surface area (Å²) < 4.78 is 5.13. The van der Waals surface area contributed by atoms with Crippen molar-refractivity contribution in [3.8, 4) is 11.5 Å². The van der Waals surface area contributed by atoms with Crippen LogP contribution in [0.25, 0.3) is 0 Å². The molecule has 0 saturated heterocycles. The molecule has 5 nitrogen and oxygen atoms in total. The first-order valence-corrected chi connectivity index (χ1v) is 6.77. The zero-order chi connectivity index (χ0) is 14.3. The molecule has 0 aliphatic carbocycles. The molecule has 1 rings (SSSR count). The van der Waals surface area contributed by atoms with Gasteiger partial charge in [-0.05, 0) is 24.7 Å². The number of hydrogen-bond acceptors (Lipinski definition) is 5. The molecule has 0 bridgehead atoms. The van der Waals surface area contributed by atoms with E-state index < -0.39 is 5.97 Å². The van der Waals surface area contributed by atoms with Gasteiger partial charge in [0.25, 0.3) is 0 Å². The fraction of sp³-hybridized carbons (Fsp3) is 0.385. The van der Waals surface area contributed by atoms with Gasteiger partial charge in [0.05, 0.1) is 17.6 Å². The van der Waals surface area contributed by atoms with Gasteiger partial charge in [0.2, 0.25) is 0 Å². The third-order valence-corrected chi connectivity index (χ3v) is 3.61. The molecular weight excluding hydrogens is 268 g/mol. The van der Waals surface area contributed by atoms with Gasteiger partial charge in [-0.2, -0.15) is 0 Å². The first kappa shape index (κ1) is 15.4. The third-order valence-electron chi connectivity index (χ3n) is 2.48. The smallest absolute Gasteiger partial charge is 0.303 e. The van der Waals surface area contributed by atoms with Crippen LogP contribution in [0.2, 0.25) is 0 Å². The van der Waals surface area contributed by atoms with Crippen molar-refractivity contribution in [3.05, 3.63) is 17.7 Å². The molecule has 0 radical (unpaired) electrons. The topological polar surface area (TPSA) is 83.8 Å². The number of phenols is 1. The number of aldehydes is 1. The second-order valence-corrected chi connectivity index (χ2v) is 5.02. The van der Waals surface area contributed by atoms with Crippen LogP contribution in [-0.2, 0) is 4.79 Å². The van der Waals surface area contributed by atoms with Gasteiger partial charge in [-0.15, -0.1) is 11.8 Å². The number of aromatic hydroxyl groups is 1. The lowest BCUT2D eigenvalue weighted by atomic mass is 10.2. The minimum Gasteiger partial charge on any atom is -0.507 e. The number of carbonyl (C=O) groups excluding carboxylic acids is 1. The Morgan fingerprint density at radius 2 is 2.16 bits per heavy atom. The number of ether oxygens (including phenoxy) is 1. The summed E-state index contributed by atoms with van der Waals surface area (Å²) in [6.07, 6.45) is 2.12. The Morgan fingerprint density at radius 3 is 2.74 bits per heavy atom. The number of carbonyl (C=O) groups is 2. The van der Waals surface area contributed by atoms with Crippen LogP contribution >= 0.6 is 11.8 Å². The number of phenolic OH excluding ortho intramolecular Hbond substituents is 1. The maximum atomic E-state index is 10.8. The maximum absolute atomic E-state index is 10.8. The van der Waals surface area contributed by atoms with E-state index in [0.717, 1.165) is 17.1 Å². The molecule has 0 aromatic heterocycles. The highest BCUT2D eigenvalue weighted by molar-refractivity contribution is 7.99. The van der Waals surface area contributed by atoms with Crippen LogP contribution in [-0.4, -0.2) is 35.3 Å². The summed E-state index contributed by atoms with van der Waals surface area (Å²) in [5.74, 6) is 0.330. The fourth-order valence-corrected chi connectivity index (χ4v) is 2.56. The predicted octanol–water partition coefficient (Wildman–Crippen LogP) is 2.56. The van der Waals surface area contributed by atoms with Crippen LogP contribution < -0.4 is 4.74 Å². The maximum Gasteiger partial charge on any atom is 0.303 e. The number of benzene rings is 1. The molecule has 0 spiro atoms. The van der Waals surface area contributed by atoms with Gasteiger partial charge in [-0.25, -0.2) is 0 Å². The van der Waals surface area contributed by atoms with E-state index >= 15 is 0 Å². The summed E-state index contributed by atoms with van der Waals surface area (Å²) >= 11 is 1.47. The Bertz CT molecular complexity index is 459. The molecule has 104 valence electrons. The molecule has 0 saturated carbocycles. The molecule has 19 heavy (non-hydrogen) atoms. The van der Waals surface area contributed by atoms with E-state index in [1.54, 1.807) is 6.07 Å². The Labute approximate surface area is 115 Å². The van der Waals surface area contributed by atoms with Crippen LogP contribution in [0.4, 0.5) is 0 Å². The van der Waals surface area contributed by atoms with Gasteiger partial charge in [-0.3, -0.25) is 9.59 Å². The number of methoxy groups -OCH3 is 1. The van der Waals surface area contributed by atoms with E-state index in [9.17, 15) is 14.7 Å². The summed E-state index contributed by atoms with van der Waals surface area (Å²) in [6.45, 7) is 0.